The van der Waals surface area contributed by atoms with Crippen molar-refractivity contribution in [2.24, 2.45) is 5.92 Å². The fourth-order valence-electron chi connectivity index (χ4n) is 1.67. The second-order valence-electron chi connectivity index (χ2n) is 3.45. The van der Waals surface area contributed by atoms with Crippen molar-refractivity contribution in [2.45, 2.75) is 25.4 Å². The molecule has 0 aromatic rings. The summed E-state index contributed by atoms with van der Waals surface area (Å²) in [4.78, 5) is 0. The van der Waals surface area contributed by atoms with E-state index in [4.69, 9.17) is 23.2 Å². The fourth-order valence-corrected chi connectivity index (χ4v) is 1.84. The first-order valence-electron chi connectivity index (χ1n) is 4.57. The van der Waals surface area contributed by atoms with E-state index in [-0.39, 0.29) is 6.10 Å². The van der Waals surface area contributed by atoms with Crippen LogP contribution in [0.15, 0.2) is 10.6 Å². The highest BCUT2D eigenvalue weighted by Gasteiger charge is 2.24. The van der Waals surface area contributed by atoms with Crippen LogP contribution in [0.1, 0.15) is 19.3 Å². The van der Waals surface area contributed by atoms with Gasteiger partial charge in [0.1, 0.15) is 0 Å². The molecule has 1 saturated carbocycles. The molecule has 13 heavy (non-hydrogen) atoms. The Bertz CT molecular complexity index is 184. The maximum Gasteiger partial charge on any atom is 0.0580 e. The molecule has 76 valence electrons. The summed E-state index contributed by atoms with van der Waals surface area (Å²) in [5.74, 6) is 0.389. The van der Waals surface area contributed by atoms with Gasteiger partial charge in [-0.1, -0.05) is 29.6 Å². The quantitative estimate of drug-likeness (QED) is 0.766. The molecule has 0 saturated heterocycles. The first-order valence-corrected chi connectivity index (χ1v) is 5.39. The van der Waals surface area contributed by atoms with Gasteiger partial charge in [-0.3, -0.25) is 0 Å². The van der Waals surface area contributed by atoms with Gasteiger partial charge in [0, 0.05) is 23.7 Å². The van der Waals surface area contributed by atoms with Crippen molar-refractivity contribution in [3.63, 3.8) is 0 Å². The van der Waals surface area contributed by atoms with Gasteiger partial charge >= 0.3 is 0 Å². The summed E-state index contributed by atoms with van der Waals surface area (Å²) >= 11 is 11.1. The van der Waals surface area contributed by atoms with Crippen molar-refractivity contribution in [2.75, 3.05) is 13.1 Å². The predicted octanol–water partition coefficient (Wildman–Crippen LogP) is 2.06. The number of aliphatic hydroxyl groups excluding tert-OH is 1. The lowest BCUT2D eigenvalue weighted by Crippen LogP contribution is -2.28. The van der Waals surface area contributed by atoms with Crippen molar-refractivity contribution in [3.05, 3.63) is 10.6 Å². The molecule has 4 heteroatoms. The van der Waals surface area contributed by atoms with Crippen LogP contribution >= 0.6 is 23.2 Å². The monoisotopic (exact) mass is 223 g/mol. The largest absolute Gasteiger partial charge is 0.393 e. The second-order valence-corrected chi connectivity index (χ2v) is 4.15. The van der Waals surface area contributed by atoms with Crippen LogP contribution in [-0.2, 0) is 0 Å². The summed E-state index contributed by atoms with van der Waals surface area (Å²) in [7, 11) is 0. The number of hydrogen-bond donors (Lipinski definition) is 2. The first-order chi connectivity index (χ1) is 6.24. The van der Waals surface area contributed by atoms with Crippen LogP contribution < -0.4 is 5.32 Å². The number of aliphatic hydroxyl groups is 1. The number of rotatable bonds is 4. The Kier molecular flexibility index (Phi) is 5.10. The average Bonchev–Trinajstić information content (AvgIpc) is 2.52. The summed E-state index contributed by atoms with van der Waals surface area (Å²) in [6.07, 6.45) is 3.04. The molecule has 1 aliphatic rings. The molecular weight excluding hydrogens is 209 g/mol. The first kappa shape index (κ1) is 11.3. The number of nitrogens with one attached hydrogen (secondary N) is 1. The molecule has 0 aliphatic heterocycles. The minimum Gasteiger partial charge on any atom is -0.393 e. The van der Waals surface area contributed by atoms with Gasteiger partial charge in [-0.05, 0) is 18.8 Å². The third-order valence-electron chi connectivity index (χ3n) is 2.44. The van der Waals surface area contributed by atoms with Crippen LogP contribution in [0, 0.1) is 5.92 Å². The molecule has 2 nitrogen and oxygen atoms in total. The van der Waals surface area contributed by atoms with Crippen molar-refractivity contribution in [1.29, 1.82) is 0 Å². The minimum absolute atomic E-state index is 0.133. The molecule has 0 amide bonds. The van der Waals surface area contributed by atoms with E-state index in [0.29, 0.717) is 17.5 Å². The highest BCUT2D eigenvalue weighted by atomic mass is 35.5. The minimum atomic E-state index is -0.133. The molecule has 0 heterocycles. The van der Waals surface area contributed by atoms with Gasteiger partial charge in [-0.2, -0.15) is 0 Å². The summed E-state index contributed by atoms with van der Waals surface area (Å²) in [5, 5.41) is 13.3. The fraction of sp³-hybridized carbons (Fsp3) is 0.778. The SMILES string of the molecule is OC1CCCC1CNCC(Cl)=CCl. The van der Waals surface area contributed by atoms with Crippen LogP contribution in [0.2, 0.25) is 0 Å². The second kappa shape index (κ2) is 5.86. The van der Waals surface area contributed by atoms with Crippen LogP contribution in [0.5, 0.6) is 0 Å². The van der Waals surface area contributed by atoms with Crippen LogP contribution in [0.4, 0.5) is 0 Å². The molecular formula is C9H15Cl2NO. The Labute approximate surface area is 88.9 Å². The third-order valence-corrected chi connectivity index (χ3v) is 3.06. The van der Waals surface area contributed by atoms with E-state index in [1.165, 1.54) is 5.54 Å². The van der Waals surface area contributed by atoms with Gasteiger partial charge in [0.05, 0.1) is 6.10 Å². The van der Waals surface area contributed by atoms with Gasteiger partial charge in [0.25, 0.3) is 0 Å². The van der Waals surface area contributed by atoms with E-state index in [9.17, 15) is 5.11 Å². The number of halogens is 2. The van der Waals surface area contributed by atoms with E-state index < -0.39 is 0 Å². The Hall–Kier alpha value is 0.240. The summed E-state index contributed by atoms with van der Waals surface area (Å²) in [5.41, 5.74) is 1.36. The molecule has 1 aliphatic carbocycles. The Morgan fingerprint density at radius 1 is 1.54 bits per heavy atom. The van der Waals surface area contributed by atoms with Gasteiger partial charge in [0.2, 0.25) is 0 Å². The third kappa shape index (κ3) is 3.86. The normalized spacial score (nSPS) is 29.6. The van der Waals surface area contributed by atoms with E-state index in [1.807, 2.05) is 0 Å². The van der Waals surface area contributed by atoms with E-state index >= 15 is 0 Å². The van der Waals surface area contributed by atoms with Crippen LogP contribution in [0.3, 0.4) is 0 Å². The molecule has 0 aromatic carbocycles. The maximum absolute atomic E-state index is 9.50. The Balaban J connectivity index is 2.12. The smallest absolute Gasteiger partial charge is 0.0580 e. The standard InChI is InChI=1S/C9H15Cl2NO/c10-4-8(11)6-12-5-7-2-1-3-9(7)13/h4,7,9,12-13H,1-3,5-6H2. The molecule has 2 atom stereocenters. The zero-order chi connectivity index (χ0) is 9.68. The topological polar surface area (TPSA) is 32.3 Å². The molecule has 0 spiro atoms. The van der Waals surface area contributed by atoms with Crippen molar-refractivity contribution < 1.29 is 5.11 Å². The van der Waals surface area contributed by atoms with Crippen LogP contribution in [-0.4, -0.2) is 24.3 Å². The molecule has 0 aromatic heterocycles. The van der Waals surface area contributed by atoms with Gasteiger partial charge in [-0.15, -0.1) is 0 Å². The predicted molar refractivity (Wildman–Crippen MR) is 56.0 cm³/mol. The molecule has 1 fully saturated rings. The highest BCUT2D eigenvalue weighted by molar-refractivity contribution is 6.36. The molecule has 0 bridgehead atoms. The van der Waals surface area contributed by atoms with Crippen molar-refractivity contribution in [3.8, 4) is 0 Å². The van der Waals surface area contributed by atoms with Crippen molar-refractivity contribution >= 4 is 23.2 Å². The Morgan fingerprint density at radius 2 is 2.31 bits per heavy atom. The number of hydrogen-bond acceptors (Lipinski definition) is 2. The van der Waals surface area contributed by atoms with Crippen molar-refractivity contribution in [1.82, 2.24) is 5.32 Å². The summed E-state index contributed by atoms with van der Waals surface area (Å²) in [6, 6.07) is 0. The zero-order valence-corrected chi connectivity index (χ0v) is 8.98. The van der Waals surface area contributed by atoms with Gasteiger partial charge in [-0.25, -0.2) is 0 Å². The average molecular weight is 224 g/mol. The lowest BCUT2D eigenvalue weighted by atomic mass is 10.1. The molecule has 0 radical (unpaired) electrons. The highest BCUT2D eigenvalue weighted by Crippen LogP contribution is 2.24. The van der Waals surface area contributed by atoms with E-state index in [1.54, 1.807) is 0 Å². The zero-order valence-electron chi connectivity index (χ0n) is 7.47. The Morgan fingerprint density at radius 3 is 2.85 bits per heavy atom. The van der Waals surface area contributed by atoms with Gasteiger partial charge in [0.15, 0.2) is 0 Å². The molecule has 2 unspecified atom stereocenters. The lowest BCUT2D eigenvalue weighted by molar-refractivity contribution is 0.132. The molecule has 1 rings (SSSR count). The molecule has 2 N–H and O–H groups in total. The maximum atomic E-state index is 9.50. The summed E-state index contributed by atoms with van der Waals surface area (Å²) in [6.45, 7) is 1.41. The van der Waals surface area contributed by atoms with E-state index in [2.05, 4.69) is 5.32 Å². The van der Waals surface area contributed by atoms with E-state index in [0.717, 1.165) is 25.8 Å². The van der Waals surface area contributed by atoms with Gasteiger partial charge < -0.3 is 10.4 Å². The van der Waals surface area contributed by atoms with Crippen LogP contribution in [0.25, 0.3) is 0 Å². The summed E-state index contributed by atoms with van der Waals surface area (Å²) < 4.78 is 0. The lowest BCUT2D eigenvalue weighted by Gasteiger charge is -2.14.